The van der Waals surface area contributed by atoms with Crippen LogP contribution in [0, 0.1) is 11.6 Å². The Labute approximate surface area is 145 Å². The molecule has 1 fully saturated rings. The molecular formula is C19H21F2NO3. The van der Waals surface area contributed by atoms with E-state index in [1.165, 1.54) is 24.2 Å². The maximum atomic E-state index is 13.7. The lowest BCUT2D eigenvalue weighted by Gasteiger charge is -2.42. The predicted octanol–water partition coefficient (Wildman–Crippen LogP) is 3.69. The smallest absolute Gasteiger partial charge is 0.335 e. The molecule has 1 aromatic carbocycles. The third-order valence-electron chi connectivity index (χ3n) is 4.41. The van der Waals surface area contributed by atoms with E-state index in [0.717, 1.165) is 12.1 Å². The van der Waals surface area contributed by atoms with Crippen LogP contribution in [-0.4, -0.2) is 29.9 Å². The summed E-state index contributed by atoms with van der Waals surface area (Å²) in [5.74, 6) is -2.76. The molecular weight excluding hydrogens is 328 g/mol. The minimum Gasteiger partial charge on any atom is -0.466 e. The number of likely N-dealkylation sites (tertiary alicyclic amines) is 1. The van der Waals surface area contributed by atoms with Gasteiger partial charge >= 0.3 is 5.97 Å². The van der Waals surface area contributed by atoms with E-state index in [1.54, 1.807) is 0 Å². The number of halogens is 2. The van der Waals surface area contributed by atoms with Gasteiger partial charge in [-0.15, -0.1) is 6.58 Å². The molecule has 4 nitrogen and oxygen atoms in total. The molecule has 0 bridgehead atoms. The Balaban J connectivity index is 2.43. The summed E-state index contributed by atoms with van der Waals surface area (Å²) in [4.78, 5) is 26.1. The van der Waals surface area contributed by atoms with Crippen molar-refractivity contribution in [3.8, 4) is 0 Å². The van der Waals surface area contributed by atoms with Crippen LogP contribution in [0.2, 0.25) is 0 Å². The van der Waals surface area contributed by atoms with Gasteiger partial charge in [0, 0.05) is 6.42 Å². The fraction of sp³-hybridized carbons (Fsp3) is 0.368. The maximum absolute atomic E-state index is 13.7. The molecule has 1 heterocycles. The standard InChI is InChI=1S/C19H21F2NO3/c1-4-6-18(23)22-16(12(2)19(24)25-3)7-5-8-17(22)13-9-10-14(20)15(21)11-13/h4,9-11,16-17H,1-2,5-8H2,3H3/t16-,17+/m1/s1. The fourth-order valence-electron chi connectivity index (χ4n) is 3.23. The minimum absolute atomic E-state index is 0.0745. The Morgan fingerprint density at radius 3 is 2.64 bits per heavy atom. The van der Waals surface area contributed by atoms with Gasteiger partial charge in [-0.1, -0.05) is 18.7 Å². The van der Waals surface area contributed by atoms with Crippen molar-refractivity contribution in [1.82, 2.24) is 4.90 Å². The molecule has 1 saturated heterocycles. The van der Waals surface area contributed by atoms with Crippen LogP contribution in [0.25, 0.3) is 0 Å². The highest BCUT2D eigenvalue weighted by Gasteiger charge is 2.38. The van der Waals surface area contributed by atoms with Gasteiger partial charge < -0.3 is 9.64 Å². The van der Waals surface area contributed by atoms with E-state index in [-0.39, 0.29) is 17.9 Å². The molecule has 6 heteroatoms. The van der Waals surface area contributed by atoms with Crippen LogP contribution < -0.4 is 0 Å². The first kappa shape index (κ1) is 18.8. The van der Waals surface area contributed by atoms with E-state index in [1.807, 2.05) is 0 Å². The Kier molecular flexibility index (Phi) is 6.07. The molecule has 134 valence electrons. The van der Waals surface area contributed by atoms with E-state index in [9.17, 15) is 18.4 Å². The van der Waals surface area contributed by atoms with Crippen molar-refractivity contribution in [2.24, 2.45) is 0 Å². The monoisotopic (exact) mass is 349 g/mol. The lowest BCUT2D eigenvalue weighted by Crippen LogP contribution is -2.47. The quantitative estimate of drug-likeness (QED) is 0.463. The molecule has 0 aromatic heterocycles. The molecule has 0 aliphatic carbocycles. The second-order valence-corrected chi connectivity index (χ2v) is 5.95. The number of amides is 1. The van der Waals surface area contributed by atoms with Gasteiger partial charge in [-0.05, 0) is 37.0 Å². The highest BCUT2D eigenvalue weighted by atomic mass is 19.2. The van der Waals surface area contributed by atoms with E-state index < -0.39 is 29.7 Å². The normalized spacial score (nSPS) is 20.0. The van der Waals surface area contributed by atoms with E-state index in [2.05, 4.69) is 13.2 Å². The topological polar surface area (TPSA) is 46.6 Å². The SMILES string of the molecule is C=CCC(=O)N1[C@@H](C(=C)C(=O)OC)CCC[C@H]1c1ccc(F)c(F)c1. The first-order chi connectivity index (χ1) is 11.9. The second-order valence-electron chi connectivity index (χ2n) is 5.95. The molecule has 0 N–H and O–H groups in total. The third kappa shape index (κ3) is 3.95. The van der Waals surface area contributed by atoms with Crippen molar-refractivity contribution < 1.29 is 23.1 Å². The summed E-state index contributed by atoms with van der Waals surface area (Å²) in [6.45, 7) is 7.34. The number of rotatable bonds is 5. The summed E-state index contributed by atoms with van der Waals surface area (Å²) in [6.07, 6.45) is 3.39. The van der Waals surface area contributed by atoms with Crippen LogP contribution in [0.15, 0.2) is 43.0 Å². The van der Waals surface area contributed by atoms with E-state index >= 15 is 0 Å². The van der Waals surface area contributed by atoms with Crippen LogP contribution >= 0.6 is 0 Å². The molecule has 1 aromatic rings. The highest BCUT2D eigenvalue weighted by molar-refractivity contribution is 5.90. The Morgan fingerprint density at radius 2 is 2.04 bits per heavy atom. The number of carbonyl (C=O) groups excluding carboxylic acids is 2. The summed E-state index contributed by atoms with van der Waals surface area (Å²) < 4.78 is 31.6. The molecule has 0 radical (unpaired) electrons. The van der Waals surface area contributed by atoms with Gasteiger partial charge in [0.2, 0.25) is 5.91 Å². The molecule has 25 heavy (non-hydrogen) atoms. The number of piperidine rings is 1. The lowest BCUT2D eigenvalue weighted by atomic mass is 9.87. The van der Waals surface area contributed by atoms with Crippen molar-refractivity contribution in [2.45, 2.75) is 37.8 Å². The second kappa shape index (κ2) is 8.05. The van der Waals surface area contributed by atoms with Crippen molar-refractivity contribution in [1.29, 1.82) is 0 Å². The average Bonchev–Trinajstić information content (AvgIpc) is 2.62. The van der Waals surface area contributed by atoms with Gasteiger partial charge in [0.1, 0.15) is 0 Å². The molecule has 1 amide bonds. The van der Waals surface area contributed by atoms with Gasteiger partial charge in [-0.3, -0.25) is 4.79 Å². The number of hydrogen-bond donors (Lipinski definition) is 0. The zero-order valence-electron chi connectivity index (χ0n) is 14.1. The first-order valence-electron chi connectivity index (χ1n) is 8.04. The Morgan fingerprint density at radius 1 is 1.32 bits per heavy atom. The van der Waals surface area contributed by atoms with Gasteiger partial charge in [-0.2, -0.15) is 0 Å². The van der Waals surface area contributed by atoms with Gasteiger partial charge in [0.15, 0.2) is 11.6 Å². The maximum Gasteiger partial charge on any atom is 0.335 e. The first-order valence-corrected chi connectivity index (χ1v) is 8.04. The van der Waals surface area contributed by atoms with Crippen LogP contribution in [0.3, 0.4) is 0 Å². The predicted molar refractivity (Wildman–Crippen MR) is 89.6 cm³/mol. The van der Waals surface area contributed by atoms with Gasteiger partial charge in [0.05, 0.1) is 24.8 Å². The van der Waals surface area contributed by atoms with Crippen molar-refractivity contribution in [3.63, 3.8) is 0 Å². The highest BCUT2D eigenvalue weighted by Crippen LogP contribution is 2.37. The summed E-state index contributed by atoms with van der Waals surface area (Å²) >= 11 is 0. The molecule has 0 saturated carbocycles. The van der Waals surface area contributed by atoms with Crippen LogP contribution in [0.4, 0.5) is 8.78 Å². The number of ether oxygens (including phenoxy) is 1. The number of esters is 1. The Hall–Kier alpha value is -2.50. The average molecular weight is 349 g/mol. The number of benzene rings is 1. The number of nitrogens with zero attached hydrogens (tertiary/aromatic N) is 1. The van der Waals surface area contributed by atoms with Crippen LogP contribution in [-0.2, 0) is 14.3 Å². The van der Waals surface area contributed by atoms with E-state index in [0.29, 0.717) is 24.8 Å². The third-order valence-corrected chi connectivity index (χ3v) is 4.41. The molecule has 1 aliphatic rings. The summed E-state index contributed by atoms with van der Waals surface area (Å²) in [6, 6.07) is 2.58. The summed E-state index contributed by atoms with van der Waals surface area (Å²) in [7, 11) is 1.25. The number of hydrogen-bond acceptors (Lipinski definition) is 3. The number of methoxy groups -OCH3 is 1. The molecule has 0 spiro atoms. The van der Waals surface area contributed by atoms with Crippen molar-refractivity contribution in [2.75, 3.05) is 7.11 Å². The minimum atomic E-state index is -0.970. The molecule has 1 aliphatic heterocycles. The van der Waals surface area contributed by atoms with E-state index in [4.69, 9.17) is 4.74 Å². The zero-order valence-corrected chi connectivity index (χ0v) is 14.1. The fourth-order valence-corrected chi connectivity index (χ4v) is 3.23. The molecule has 0 unspecified atom stereocenters. The Bertz CT molecular complexity index is 702. The zero-order chi connectivity index (χ0) is 18.6. The lowest BCUT2D eigenvalue weighted by molar-refractivity contribution is -0.140. The van der Waals surface area contributed by atoms with Crippen LogP contribution in [0.5, 0.6) is 0 Å². The van der Waals surface area contributed by atoms with Gasteiger partial charge in [-0.25, -0.2) is 13.6 Å². The summed E-state index contributed by atoms with van der Waals surface area (Å²) in [5.41, 5.74) is 0.658. The summed E-state index contributed by atoms with van der Waals surface area (Å²) in [5, 5.41) is 0. The molecule has 2 atom stereocenters. The largest absolute Gasteiger partial charge is 0.466 e. The molecule has 2 rings (SSSR count). The van der Waals surface area contributed by atoms with Crippen LogP contribution in [0.1, 0.15) is 37.3 Å². The number of carbonyl (C=O) groups is 2. The van der Waals surface area contributed by atoms with Gasteiger partial charge in [0.25, 0.3) is 0 Å². The van der Waals surface area contributed by atoms with Crippen molar-refractivity contribution >= 4 is 11.9 Å². The van der Waals surface area contributed by atoms with Crippen molar-refractivity contribution in [3.05, 3.63) is 60.2 Å².